The summed E-state index contributed by atoms with van der Waals surface area (Å²) in [4.78, 5) is 0. The third-order valence-corrected chi connectivity index (χ3v) is 5.70. The molecule has 5 nitrogen and oxygen atoms in total. The smallest absolute Gasteiger partial charge is 0.231 e. The lowest BCUT2D eigenvalue weighted by Crippen LogP contribution is -2.57. The molecule has 0 radical (unpaired) electrons. The number of phenols is 1. The Kier molecular flexibility index (Phi) is 5.67. The van der Waals surface area contributed by atoms with Crippen molar-refractivity contribution < 1.29 is 14.6 Å². The van der Waals surface area contributed by atoms with Gasteiger partial charge in [0.25, 0.3) is 0 Å². The monoisotopic (exact) mass is 394 g/mol. The summed E-state index contributed by atoms with van der Waals surface area (Å²) in [6, 6.07) is 13.5. The van der Waals surface area contributed by atoms with Crippen LogP contribution in [0.15, 0.2) is 48.5 Å². The standard InChI is InChI=1S/C24H30N2O3/c1-3-4-5-8-13-24(2)25-19(17-11-12-22-23(14-17)29-16-28-22)15-20(26-24)18-9-6-7-10-21(18)27/h6-7,9-12,14-15,20,25-27H,3-5,8,13,16H2,1-2H3. The largest absolute Gasteiger partial charge is 0.508 e. The van der Waals surface area contributed by atoms with Crippen LogP contribution in [-0.4, -0.2) is 17.6 Å². The van der Waals surface area contributed by atoms with E-state index in [1.807, 2.05) is 30.3 Å². The van der Waals surface area contributed by atoms with Crippen LogP contribution in [0.2, 0.25) is 0 Å². The summed E-state index contributed by atoms with van der Waals surface area (Å²) in [6.45, 7) is 4.70. The highest BCUT2D eigenvalue weighted by Crippen LogP contribution is 2.37. The lowest BCUT2D eigenvalue weighted by Gasteiger charge is -2.41. The third kappa shape index (κ3) is 4.35. The molecule has 2 aromatic carbocycles. The molecule has 0 spiro atoms. The van der Waals surface area contributed by atoms with E-state index in [1.54, 1.807) is 6.07 Å². The highest BCUT2D eigenvalue weighted by molar-refractivity contribution is 5.69. The van der Waals surface area contributed by atoms with Crippen molar-refractivity contribution in [3.63, 3.8) is 0 Å². The number of hydrogen-bond donors (Lipinski definition) is 3. The van der Waals surface area contributed by atoms with Gasteiger partial charge in [-0.25, -0.2) is 0 Å². The van der Waals surface area contributed by atoms with Crippen LogP contribution in [0, 0.1) is 0 Å². The van der Waals surface area contributed by atoms with Gasteiger partial charge in [0.05, 0.1) is 11.7 Å². The third-order valence-electron chi connectivity index (χ3n) is 5.70. The molecule has 0 saturated carbocycles. The summed E-state index contributed by atoms with van der Waals surface area (Å²) in [7, 11) is 0. The van der Waals surface area contributed by atoms with Gasteiger partial charge in [-0.05, 0) is 50.1 Å². The summed E-state index contributed by atoms with van der Waals surface area (Å²) in [5.74, 6) is 1.86. The predicted molar refractivity (Wildman–Crippen MR) is 115 cm³/mol. The number of ether oxygens (including phenoxy) is 2. The molecule has 0 fully saturated rings. The zero-order valence-electron chi connectivity index (χ0n) is 17.2. The second kappa shape index (κ2) is 8.37. The Balaban J connectivity index is 1.65. The van der Waals surface area contributed by atoms with Crippen molar-refractivity contribution in [3.05, 3.63) is 59.7 Å². The van der Waals surface area contributed by atoms with E-state index < -0.39 is 0 Å². The number of nitrogens with one attached hydrogen (secondary N) is 2. The van der Waals surface area contributed by atoms with E-state index in [0.717, 1.165) is 41.2 Å². The maximum absolute atomic E-state index is 10.4. The predicted octanol–water partition coefficient (Wildman–Crippen LogP) is 5.08. The van der Waals surface area contributed by atoms with Crippen LogP contribution in [0.25, 0.3) is 5.70 Å². The minimum atomic E-state index is -0.277. The van der Waals surface area contributed by atoms with Gasteiger partial charge in [0.1, 0.15) is 5.75 Å². The Morgan fingerprint density at radius 3 is 2.72 bits per heavy atom. The summed E-state index contributed by atoms with van der Waals surface area (Å²) < 4.78 is 11.0. The van der Waals surface area contributed by atoms with Gasteiger partial charge in [-0.2, -0.15) is 0 Å². The molecule has 2 aromatic rings. The second-order valence-electron chi connectivity index (χ2n) is 8.10. The molecule has 2 atom stereocenters. The summed E-state index contributed by atoms with van der Waals surface area (Å²) in [5, 5.41) is 17.9. The van der Waals surface area contributed by atoms with Crippen LogP contribution < -0.4 is 20.1 Å². The minimum absolute atomic E-state index is 0.0888. The topological polar surface area (TPSA) is 62.8 Å². The first-order valence-electron chi connectivity index (χ1n) is 10.5. The number of unbranched alkanes of at least 4 members (excludes halogenated alkanes) is 3. The molecule has 2 unspecified atom stereocenters. The summed E-state index contributed by atoms with van der Waals surface area (Å²) in [6.07, 6.45) is 7.98. The van der Waals surface area contributed by atoms with Gasteiger partial charge in [-0.1, -0.05) is 44.4 Å². The van der Waals surface area contributed by atoms with Crippen LogP contribution >= 0.6 is 0 Å². The van der Waals surface area contributed by atoms with Crippen molar-refractivity contribution in [1.29, 1.82) is 0 Å². The lowest BCUT2D eigenvalue weighted by molar-refractivity contribution is 0.174. The molecule has 0 amide bonds. The number of aromatic hydroxyl groups is 1. The van der Waals surface area contributed by atoms with Gasteiger partial charge < -0.3 is 19.9 Å². The first-order valence-corrected chi connectivity index (χ1v) is 10.5. The normalized spacial score (nSPS) is 22.8. The van der Waals surface area contributed by atoms with Crippen LogP contribution in [0.1, 0.15) is 63.1 Å². The zero-order valence-corrected chi connectivity index (χ0v) is 17.2. The molecule has 4 rings (SSSR count). The van der Waals surface area contributed by atoms with E-state index in [2.05, 4.69) is 36.6 Å². The van der Waals surface area contributed by atoms with Crippen molar-refractivity contribution in [2.24, 2.45) is 0 Å². The van der Waals surface area contributed by atoms with Gasteiger partial charge in [0, 0.05) is 16.8 Å². The van der Waals surface area contributed by atoms with Crippen molar-refractivity contribution in [1.82, 2.24) is 10.6 Å². The van der Waals surface area contributed by atoms with E-state index >= 15 is 0 Å². The van der Waals surface area contributed by atoms with E-state index in [-0.39, 0.29) is 18.5 Å². The molecule has 3 N–H and O–H groups in total. The maximum Gasteiger partial charge on any atom is 0.231 e. The molecule has 2 heterocycles. The Labute approximate surface area is 172 Å². The van der Waals surface area contributed by atoms with Crippen LogP contribution in [-0.2, 0) is 0 Å². The lowest BCUT2D eigenvalue weighted by atomic mass is 9.93. The van der Waals surface area contributed by atoms with Gasteiger partial charge in [0.2, 0.25) is 6.79 Å². The molecule has 0 bridgehead atoms. The van der Waals surface area contributed by atoms with Crippen LogP contribution in [0.5, 0.6) is 17.2 Å². The van der Waals surface area contributed by atoms with Crippen molar-refractivity contribution in [2.45, 2.75) is 57.7 Å². The summed E-state index contributed by atoms with van der Waals surface area (Å²) in [5.41, 5.74) is 2.69. The zero-order chi connectivity index (χ0) is 20.3. The minimum Gasteiger partial charge on any atom is -0.508 e. The molecule has 0 aliphatic carbocycles. The fraction of sp³-hybridized carbons (Fsp3) is 0.417. The Bertz CT molecular complexity index is 895. The van der Waals surface area contributed by atoms with E-state index in [9.17, 15) is 5.11 Å². The van der Waals surface area contributed by atoms with Crippen molar-refractivity contribution >= 4 is 5.70 Å². The van der Waals surface area contributed by atoms with E-state index in [4.69, 9.17) is 9.47 Å². The van der Waals surface area contributed by atoms with Crippen LogP contribution in [0.3, 0.4) is 0 Å². The molecule has 0 aromatic heterocycles. The molecule has 2 aliphatic rings. The molecule has 0 saturated heterocycles. The quantitative estimate of drug-likeness (QED) is 0.572. The first-order chi connectivity index (χ1) is 14.1. The molecule has 29 heavy (non-hydrogen) atoms. The van der Waals surface area contributed by atoms with Gasteiger partial charge in [-0.15, -0.1) is 0 Å². The van der Waals surface area contributed by atoms with Crippen molar-refractivity contribution in [3.8, 4) is 17.2 Å². The van der Waals surface area contributed by atoms with Crippen LogP contribution in [0.4, 0.5) is 0 Å². The highest BCUT2D eigenvalue weighted by atomic mass is 16.7. The Morgan fingerprint density at radius 2 is 1.90 bits per heavy atom. The molecule has 2 aliphatic heterocycles. The molecular formula is C24H30N2O3. The SMILES string of the molecule is CCCCCCC1(C)NC(c2ccc3c(c2)OCO3)=CC(c2ccccc2O)N1. The molecule has 5 heteroatoms. The average Bonchev–Trinajstić information content (AvgIpc) is 3.19. The van der Waals surface area contributed by atoms with E-state index in [1.165, 1.54) is 19.3 Å². The number of benzene rings is 2. The van der Waals surface area contributed by atoms with Gasteiger partial charge in [-0.3, -0.25) is 5.32 Å². The first kappa shape index (κ1) is 19.6. The number of rotatable bonds is 7. The highest BCUT2D eigenvalue weighted by Gasteiger charge is 2.33. The fourth-order valence-corrected chi connectivity index (χ4v) is 4.12. The maximum atomic E-state index is 10.4. The van der Waals surface area contributed by atoms with Gasteiger partial charge >= 0.3 is 0 Å². The Morgan fingerprint density at radius 1 is 1.07 bits per heavy atom. The summed E-state index contributed by atoms with van der Waals surface area (Å²) >= 11 is 0. The fourth-order valence-electron chi connectivity index (χ4n) is 4.12. The second-order valence-corrected chi connectivity index (χ2v) is 8.10. The van der Waals surface area contributed by atoms with Crippen molar-refractivity contribution in [2.75, 3.05) is 6.79 Å². The number of hydrogen-bond acceptors (Lipinski definition) is 5. The number of fused-ring (bicyclic) bond motifs is 1. The number of para-hydroxylation sites is 1. The number of phenolic OH excluding ortho intramolecular Hbond substituents is 1. The average molecular weight is 395 g/mol. The van der Waals surface area contributed by atoms with E-state index in [0.29, 0.717) is 5.75 Å². The molecular weight excluding hydrogens is 364 g/mol. The Hall–Kier alpha value is -2.66. The molecule has 154 valence electrons. The van der Waals surface area contributed by atoms with Gasteiger partial charge in [0.15, 0.2) is 11.5 Å².